The second kappa shape index (κ2) is 6.71. The predicted molar refractivity (Wildman–Crippen MR) is 76.6 cm³/mol. The van der Waals surface area contributed by atoms with Gasteiger partial charge in [0.25, 0.3) is 0 Å². The maximum absolute atomic E-state index is 12.2. The van der Waals surface area contributed by atoms with E-state index in [1.165, 1.54) is 0 Å². The molecule has 1 fully saturated rings. The number of carbonyl (C=O) groups excluding carboxylic acids is 1. The molecule has 98 valence electrons. The van der Waals surface area contributed by atoms with Crippen LogP contribution in [0.2, 0.25) is 0 Å². The van der Waals surface area contributed by atoms with Gasteiger partial charge in [0.15, 0.2) is 0 Å². The smallest absolute Gasteiger partial charge is 0.246 e. The summed E-state index contributed by atoms with van der Waals surface area (Å²) in [4.78, 5) is 15.4. The van der Waals surface area contributed by atoms with Crippen molar-refractivity contribution in [3.8, 4) is 0 Å². The van der Waals surface area contributed by atoms with Gasteiger partial charge < -0.3 is 10.2 Å². The largest absolute Gasteiger partial charge is 0.335 e. The van der Waals surface area contributed by atoms with Crippen molar-refractivity contribution in [2.24, 2.45) is 0 Å². The molecule has 1 aromatic heterocycles. The number of hydrogen-bond acceptors (Lipinski definition) is 3. The van der Waals surface area contributed by atoms with E-state index in [1.54, 1.807) is 17.4 Å². The third kappa shape index (κ3) is 3.43. The van der Waals surface area contributed by atoms with Gasteiger partial charge in [0.1, 0.15) is 0 Å². The monoisotopic (exact) mass is 264 g/mol. The zero-order valence-electron chi connectivity index (χ0n) is 10.8. The normalized spacial score (nSPS) is 19.5. The van der Waals surface area contributed by atoms with E-state index in [-0.39, 0.29) is 5.91 Å². The lowest BCUT2D eigenvalue weighted by Gasteiger charge is -2.27. The van der Waals surface area contributed by atoms with Gasteiger partial charge in [0.05, 0.1) is 0 Å². The zero-order valence-corrected chi connectivity index (χ0v) is 11.6. The lowest BCUT2D eigenvalue weighted by molar-refractivity contribution is -0.127. The van der Waals surface area contributed by atoms with E-state index in [9.17, 15) is 4.79 Å². The number of amides is 1. The van der Waals surface area contributed by atoms with Crippen LogP contribution in [-0.4, -0.2) is 36.5 Å². The third-order valence-electron chi connectivity index (χ3n) is 3.16. The molecule has 1 aliphatic rings. The van der Waals surface area contributed by atoms with Crippen molar-refractivity contribution in [2.75, 3.05) is 19.6 Å². The fourth-order valence-corrected chi connectivity index (χ4v) is 2.87. The molecule has 1 amide bonds. The first-order valence-corrected chi connectivity index (χ1v) is 7.42. The Morgan fingerprint density at radius 2 is 2.56 bits per heavy atom. The molecule has 1 unspecified atom stereocenters. The van der Waals surface area contributed by atoms with Crippen LogP contribution in [0.1, 0.15) is 24.6 Å². The highest BCUT2D eigenvalue weighted by Gasteiger charge is 2.24. The molecule has 0 saturated carbocycles. The number of nitrogens with zero attached hydrogens (tertiary/aromatic N) is 1. The first-order chi connectivity index (χ1) is 8.81. The van der Waals surface area contributed by atoms with Crippen molar-refractivity contribution >= 4 is 23.3 Å². The number of rotatable bonds is 5. The van der Waals surface area contributed by atoms with Crippen molar-refractivity contribution in [3.05, 3.63) is 28.5 Å². The molecule has 2 heterocycles. The van der Waals surface area contributed by atoms with Crippen molar-refractivity contribution in [2.45, 2.75) is 25.8 Å². The Labute approximate surface area is 112 Å². The highest BCUT2D eigenvalue weighted by Crippen LogP contribution is 2.13. The van der Waals surface area contributed by atoms with Crippen molar-refractivity contribution < 1.29 is 4.79 Å². The van der Waals surface area contributed by atoms with E-state index in [0.717, 1.165) is 37.4 Å². The summed E-state index contributed by atoms with van der Waals surface area (Å²) < 4.78 is 0. The number of carbonyl (C=O) groups is 1. The molecule has 1 saturated heterocycles. The molecular weight excluding hydrogens is 244 g/mol. The predicted octanol–water partition coefficient (Wildman–Crippen LogP) is 2.36. The van der Waals surface area contributed by atoms with Gasteiger partial charge in [-0.1, -0.05) is 13.0 Å². The summed E-state index contributed by atoms with van der Waals surface area (Å²) in [5, 5.41) is 5.34. The Balaban J connectivity index is 1.98. The summed E-state index contributed by atoms with van der Waals surface area (Å²) in [7, 11) is 0. The fourth-order valence-electron chi connectivity index (χ4n) is 2.25. The van der Waals surface area contributed by atoms with Gasteiger partial charge in [-0.15, -0.1) is 11.3 Å². The molecule has 0 aliphatic carbocycles. The molecule has 3 nitrogen and oxygen atoms in total. The van der Waals surface area contributed by atoms with Crippen molar-refractivity contribution in [3.63, 3.8) is 0 Å². The van der Waals surface area contributed by atoms with Gasteiger partial charge in [-0.25, -0.2) is 0 Å². The maximum atomic E-state index is 12.2. The molecule has 18 heavy (non-hydrogen) atoms. The SMILES string of the molecule is CCCN(C(=O)C=Cc1cccs1)C1CCNC1. The number of hydrogen-bond donors (Lipinski definition) is 1. The second-order valence-corrected chi connectivity index (χ2v) is 5.51. The minimum absolute atomic E-state index is 0.138. The van der Waals surface area contributed by atoms with Crippen LogP contribution in [-0.2, 0) is 4.79 Å². The van der Waals surface area contributed by atoms with E-state index >= 15 is 0 Å². The van der Waals surface area contributed by atoms with Crippen LogP contribution in [0.15, 0.2) is 23.6 Å². The van der Waals surface area contributed by atoms with Gasteiger partial charge in [-0.2, -0.15) is 0 Å². The number of nitrogens with one attached hydrogen (secondary N) is 1. The highest BCUT2D eigenvalue weighted by molar-refractivity contribution is 7.10. The molecule has 1 aliphatic heterocycles. The van der Waals surface area contributed by atoms with E-state index < -0.39 is 0 Å². The third-order valence-corrected chi connectivity index (χ3v) is 3.99. The summed E-state index contributed by atoms with van der Waals surface area (Å²) in [5.41, 5.74) is 0. The summed E-state index contributed by atoms with van der Waals surface area (Å²) in [6, 6.07) is 4.39. The Kier molecular flexibility index (Phi) is 4.96. The molecule has 0 spiro atoms. The van der Waals surface area contributed by atoms with Crippen LogP contribution in [0.3, 0.4) is 0 Å². The van der Waals surface area contributed by atoms with Gasteiger partial charge in [0.2, 0.25) is 5.91 Å². The minimum Gasteiger partial charge on any atom is -0.335 e. The average Bonchev–Trinajstić information content (AvgIpc) is 3.05. The molecule has 1 atom stereocenters. The summed E-state index contributed by atoms with van der Waals surface area (Å²) in [5.74, 6) is 0.138. The first kappa shape index (κ1) is 13.3. The van der Waals surface area contributed by atoms with Crippen LogP contribution < -0.4 is 5.32 Å². The first-order valence-electron chi connectivity index (χ1n) is 6.54. The molecule has 0 aromatic carbocycles. The summed E-state index contributed by atoms with van der Waals surface area (Å²) >= 11 is 1.65. The van der Waals surface area contributed by atoms with Crippen LogP contribution in [0.5, 0.6) is 0 Å². The topological polar surface area (TPSA) is 32.3 Å². The quantitative estimate of drug-likeness (QED) is 0.828. The van der Waals surface area contributed by atoms with Crippen LogP contribution in [0.4, 0.5) is 0 Å². The van der Waals surface area contributed by atoms with Gasteiger partial charge in [-0.3, -0.25) is 4.79 Å². The average molecular weight is 264 g/mol. The highest BCUT2D eigenvalue weighted by atomic mass is 32.1. The number of thiophene rings is 1. The zero-order chi connectivity index (χ0) is 12.8. The van der Waals surface area contributed by atoms with Crippen LogP contribution >= 0.6 is 11.3 Å². The van der Waals surface area contributed by atoms with E-state index in [0.29, 0.717) is 6.04 Å². The molecular formula is C14H20N2OS. The summed E-state index contributed by atoms with van der Waals surface area (Å²) in [6.07, 6.45) is 5.70. The van der Waals surface area contributed by atoms with Gasteiger partial charge in [0, 0.05) is 30.1 Å². The molecule has 4 heteroatoms. The van der Waals surface area contributed by atoms with Gasteiger partial charge >= 0.3 is 0 Å². The lowest BCUT2D eigenvalue weighted by Crippen LogP contribution is -2.41. The molecule has 1 aromatic rings. The van der Waals surface area contributed by atoms with Crippen LogP contribution in [0.25, 0.3) is 6.08 Å². The van der Waals surface area contributed by atoms with E-state index in [1.807, 2.05) is 28.5 Å². The fraction of sp³-hybridized carbons (Fsp3) is 0.500. The minimum atomic E-state index is 0.138. The maximum Gasteiger partial charge on any atom is 0.246 e. The Hall–Kier alpha value is -1.13. The van der Waals surface area contributed by atoms with E-state index in [2.05, 4.69) is 12.2 Å². The van der Waals surface area contributed by atoms with Crippen LogP contribution in [0, 0.1) is 0 Å². The van der Waals surface area contributed by atoms with Crippen molar-refractivity contribution in [1.82, 2.24) is 10.2 Å². The summed E-state index contributed by atoms with van der Waals surface area (Å²) in [6.45, 7) is 4.91. The Morgan fingerprint density at radius 1 is 1.67 bits per heavy atom. The lowest BCUT2D eigenvalue weighted by atomic mass is 10.2. The Morgan fingerprint density at radius 3 is 3.17 bits per heavy atom. The Bertz CT molecular complexity index is 394. The molecule has 2 rings (SSSR count). The van der Waals surface area contributed by atoms with E-state index in [4.69, 9.17) is 0 Å². The van der Waals surface area contributed by atoms with Crippen molar-refractivity contribution in [1.29, 1.82) is 0 Å². The van der Waals surface area contributed by atoms with Gasteiger partial charge in [-0.05, 0) is 36.9 Å². The molecule has 0 bridgehead atoms. The standard InChI is InChI=1S/C14H20N2OS/c1-2-9-16(12-7-8-15-11-12)14(17)6-5-13-4-3-10-18-13/h3-6,10,12,15H,2,7-9,11H2,1H3. The molecule has 0 radical (unpaired) electrons. The molecule has 1 N–H and O–H groups in total. The second-order valence-electron chi connectivity index (χ2n) is 4.53.